The largest absolute Gasteiger partial charge is 0.342 e. The van der Waals surface area contributed by atoms with E-state index < -0.39 is 10.0 Å². The molecule has 0 aliphatic carbocycles. The topological polar surface area (TPSA) is 90.3 Å². The minimum atomic E-state index is -3.78. The number of hydrogen-bond donors (Lipinski definition) is 1. The van der Waals surface area contributed by atoms with Crippen LogP contribution in [0.2, 0.25) is 0 Å². The monoisotopic (exact) mass is 383 g/mol. The summed E-state index contributed by atoms with van der Waals surface area (Å²) in [5, 5.41) is 9.09. The van der Waals surface area contributed by atoms with Gasteiger partial charge in [0.05, 0.1) is 10.5 Å². The maximum absolute atomic E-state index is 12.5. The minimum absolute atomic E-state index is 0.0299. The molecule has 1 atom stereocenters. The van der Waals surface area contributed by atoms with E-state index in [4.69, 9.17) is 5.26 Å². The fourth-order valence-electron chi connectivity index (χ4n) is 3.21. The van der Waals surface area contributed by atoms with Gasteiger partial charge in [0.25, 0.3) is 0 Å². The molecule has 2 aromatic carbocycles. The van der Waals surface area contributed by atoms with E-state index in [0.717, 1.165) is 6.42 Å². The first-order valence-corrected chi connectivity index (χ1v) is 10.3. The van der Waals surface area contributed by atoms with Gasteiger partial charge < -0.3 is 4.90 Å². The number of nitrogens with zero attached hydrogens (tertiary/aromatic N) is 2. The van der Waals surface area contributed by atoms with Crippen molar-refractivity contribution in [1.29, 1.82) is 5.26 Å². The highest BCUT2D eigenvalue weighted by Crippen LogP contribution is 2.19. The average Bonchev–Trinajstić information content (AvgIpc) is 3.05. The summed E-state index contributed by atoms with van der Waals surface area (Å²) < 4.78 is 27.5. The van der Waals surface area contributed by atoms with Gasteiger partial charge in [-0.3, -0.25) is 4.79 Å². The van der Waals surface area contributed by atoms with Crippen LogP contribution < -0.4 is 4.72 Å². The van der Waals surface area contributed by atoms with Crippen molar-refractivity contribution in [2.45, 2.75) is 17.7 Å². The number of likely N-dealkylation sites (tertiary alicyclic amines) is 1. The molecule has 2 aromatic rings. The molecule has 27 heavy (non-hydrogen) atoms. The number of carbonyl (C=O) groups is 1. The fourth-order valence-corrected chi connectivity index (χ4v) is 4.49. The van der Waals surface area contributed by atoms with E-state index >= 15 is 0 Å². The highest BCUT2D eigenvalue weighted by atomic mass is 32.2. The Balaban J connectivity index is 1.56. The van der Waals surface area contributed by atoms with Crippen molar-refractivity contribution in [3.8, 4) is 6.07 Å². The van der Waals surface area contributed by atoms with Crippen molar-refractivity contribution in [2.75, 3.05) is 19.6 Å². The van der Waals surface area contributed by atoms with E-state index in [1.54, 1.807) is 17.0 Å². The number of benzene rings is 2. The second kappa shape index (κ2) is 8.33. The molecule has 1 heterocycles. The van der Waals surface area contributed by atoms with E-state index in [1.165, 1.54) is 17.7 Å². The maximum Gasteiger partial charge on any atom is 0.241 e. The zero-order valence-electron chi connectivity index (χ0n) is 14.8. The fraction of sp³-hybridized carbons (Fsp3) is 0.300. The van der Waals surface area contributed by atoms with E-state index in [1.807, 2.05) is 36.4 Å². The molecule has 6 nitrogen and oxygen atoms in total. The number of sulfonamides is 1. The zero-order chi connectivity index (χ0) is 19.3. The summed E-state index contributed by atoms with van der Waals surface area (Å²) in [7, 11) is -3.78. The third-order valence-electron chi connectivity index (χ3n) is 4.67. The van der Waals surface area contributed by atoms with Crippen LogP contribution in [-0.2, 0) is 21.2 Å². The molecule has 3 rings (SSSR count). The molecule has 0 bridgehead atoms. The quantitative estimate of drug-likeness (QED) is 0.791. The number of amides is 1. The Hall–Kier alpha value is -2.69. The number of nitriles is 1. The van der Waals surface area contributed by atoms with Gasteiger partial charge in [-0.25, -0.2) is 13.1 Å². The van der Waals surface area contributed by atoms with Gasteiger partial charge in [-0.05, 0) is 30.0 Å². The molecule has 0 saturated carbocycles. The number of hydrogen-bond acceptors (Lipinski definition) is 4. The van der Waals surface area contributed by atoms with Crippen molar-refractivity contribution < 1.29 is 13.2 Å². The third kappa shape index (κ3) is 4.73. The highest BCUT2D eigenvalue weighted by molar-refractivity contribution is 7.89. The first kappa shape index (κ1) is 19.1. The number of rotatable bonds is 7. The molecule has 7 heteroatoms. The maximum atomic E-state index is 12.5. The van der Waals surface area contributed by atoms with Crippen molar-refractivity contribution in [2.24, 2.45) is 5.92 Å². The molecule has 1 fully saturated rings. The molecule has 0 aromatic heterocycles. The highest BCUT2D eigenvalue weighted by Gasteiger charge is 2.30. The molecule has 1 amide bonds. The van der Waals surface area contributed by atoms with Crippen LogP contribution in [0.1, 0.15) is 17.5 Å². The predicted molar refractivity (Wildman–Crippen MR) is 101 cm³/mol. The summed E-state index contributed by atoms with van der Waals surface area (Å²) in [6.45, 7) is 1.34. The average molecular weight is 383 g/mol. The van der Waals surface area contributed by atoms with Crippen LogP contribution in [0.4, 0.5) is 0 Å². The van der Waals surface area contributed by atoms with Gasteiger partial charge in [-0.15, -0.1) is 0 Å². The summed E-state index contributed by atoms with van der Waals surface area (Å²) in [6, 6.07) is 17.9. The van der Waals surface area contributed by atoms with Gasteiger partial charge in [-0.1, -0.05) is 42.5 Å². The summed E-state index contributed by atoms with van der Waals surface area (Å²) in [5.74, 6) is -0.0233. The Morgan fingerprint density at radius 2 is 1.81 bits per heavy atom. The minimum Gasteiger partial charge on any atom is -0.342 e. The summed E-state index contributed by atoms with van der Waals surface area (Å²) >= 11 is 0. The normalized spacial score (nSPS) is 17.1. The second-order valence-electron chi connectivity index (χ2n) is 6.61. The van der Waals surface area contributed by atoms with Crippen LogP contribution in [0.5, 0.6) is 0 Å². The third-order valence-corrected chi connectivity index (χ3v) is 6.15. The number of nitrogens with one attached hydrogen (secondary N) is 1. The van der Waals surface area contributed by atoms with Gasteiger partial charge in [0.1, 0.15) is 6.07 Å². The second-order valence-corrected chi connectivity index (χ2v) is 8.34. The summed E-state index contributed by atoms with van der Waals surface area (Å²) in [6.07, 6.45) is 1.11. The van der Waals surface area contributed by atoms with Crippen molar-refractivity contribution in [3.63, 3.8) is 0 Å². The molecule has 0 radical (unpaired) electrons. The van der Waals surface area contributed by atoms with Crippen LogP contribution in [0.3, 0.4) is 0 Å². The van der Waals surface area contributed by atoms with Crippen molar-refractivity contribution in [1.82, 2.24) is 9.62 Å². The lowest BCUT2D eigenvalue weighted by Gasteiger charge is -2.17. The molecule has 140 valence electrons. The molecule has 1 aliphatic heterocycles. The first-order valence-electron chi connectivity index (χ1n) is 8.80. The van der Waals surface area contributed by atoms with Crippen molar-refractivity contribution >= 4 is 15.9 Å². The van der Waals surface area contributed by atoms with E-state index in [9.17, 15) is 13.2 Å². The zero-order valence-corrected chi connectivity index (χ0v) is 15.7. The van der Waals surface area contributed by atoms with Crippen LogP contribution in [-0.4, -0.2) is 38.9 Å². The lowest BCUT2D eigenvalue weighted by molar-refractivity contribution is -0.127. The van der Waals surface area contributed by atoms with E-state index in [0.29, 0.717) is 19.5 Å². The smallest absolute Gasteiger partial charge is 0.241 e. The van der Waals surface area contributed by atoms with Crippen LogP contribution in [0.25, 0.3) is 0 Å². The van der Waals surface area contributed by atoms with Gasteiger partial charge >= 0.3 is 0 Å². The van der Waals surface area contributed by atoms with E-state index in [-0.39, 0.29) is 28.8 Å². The van der Waals surface area contributed by atoms with Gasteiger partial charge in [0, 0.05) is 26.1 Å². The Labute approximate surface area is 159 Å². The van der Waals surface area contributed by atoms with Crippen LogP contribution >= 0.6 is 0 Å². The van der Waals surface area contributed by atoms with Gasteiger partial charge in [0.15, 0.2) is 0 Å². The Bertz CT molecular complexity index is 952. The summed E-state index contributed by atoms with van der Waals surface area (Å²) in [4.78, 5) is 14.0. The summed E-state index contributed by atoms with van der Waals surface area (Å²) in [5.41, 5.74) is 1.28. The number of carbonyl (C=O) groups excluding carboxylic acids is 1. The molecule has 1 unspecified atom stereocenters. The van der Waals surface area contributed by atoms with Crippen LogP contribution in [0.15, 0.2) is 59.5 Å². The SMILES string of the molecule is N#Cc1ccccc1S(=O)(=O)NCC1CC(=O)N(CCc2ccccc2)C1. The van der Waals surface area contributed by atoms with Gasteiger partial charge in [-0.2, -0.15) is 5.26 Å². The standard InChI is InChI=1S/C20H21N3O3S/c21-13-18-8-4-5-9-19(18)27(25,26)22-14-17-12-20(24)23(15-17)11-10-16-6-2-1-3-7-16/h1-9,17,22H,10-12,14-15H2. The molecule has 1 N–H and O–H groups in total. The molecule has 0 spiro atoms. The Morgan fingerprint density at radius 1 is 1.11 bits per heavy atom. The van der Waals surface area contributed by atoms with Gasteiger partial charge in [0.2, 0.25) is 15.9 Å². The lowest BCUT2D eigenvalue weighted by atomic mass is 10.1. The molecular formula is C20H21N3O3S. The Kier molecular flexibility index (Phi) is 5.89. The lowest BCUT2D eigenvalue weighted by Crippen LogP contribution is -2.32. The van der Waals surface area contributed by atoms with Crippen LogP contribution in [0, 0.1) is 17.2 Å². The Morgan fingerprint density at radius 3 is 2.56 bits per heavy atom. The molecular weight excluding hydrogens is 362 g/mol. The van der Waals surface area contributed by atoms with E-state index in [2.05, 4.69) is 4.72 Å². The van der Waals surface area contributed by atoms with Crippen molar-refractivity contribution in [3.05, 3.63) is 65.7 Å². The first-order chi connectivity index (χ1) is 13.0. The molecule has 1 saturated heterocycles. The predicted octanol–water partition coefficient (Wildman–Crippen LogP) is 1.93. The molecule has 1 aliphatic rings.